The lowest BCUT2D eigenvalue weighted by molar-refractivity contribution is -0.384. The van der Waals surface area contributed by atoms with E-state index in [0.717, 1.165) is 13.1 Å². The molecule has 6 heteroatoms. The number of nitrogens with zero attached hydrogens (tertiary/aromatic N) is 3. The number of nitro benzene ring substituents is 1. The van der Waals surface area contributed by atoms with E-state index in [1.165, 1.54) is 18.9 Å². The number of para-hydroxylation sites is 1. The number of hydrogen-bond acceptors (Lipinski definition) is 5. The smallest absolute Gasteiger partial charge is 0.309 e. The Morgan fingerprint density at radius 1 is 1.55 bits per heavy atom. The molecule has 106 valence electrons. The van der Waals surface area contributed by atoms with Gasteiger partial charge in [-0.15, -0.1) is 0 Å². The van der Waals surface area contributed by atoms with Gasteiger partial charge >= 0.3 is 5.69 Å². The van der Waals surface area contributed by atoms with Crippen molar-refractivity contribution in [2.24, 2.45) is 0 Å². The van der Waals surface area contributed by atoms with Crippen LogP contribution in [-0.2, 0) is 0 Å². The van der Waals surface area contributed by atoms with Crippen LogP contribution in [0.15, 0.2) is 18.2 Å². The molecule has 1 N–H and O–H groups in total. The van der Waals surface area contributed by atoms with Crippen molar-refractivity contribution >= 4 is 11.4 Å². The van der Waals surface area contributed by atoms with Crippen molar-refractivity contribution in [3.8, 4) is 6.07 Å². The third-order valence-corrected chi connectivity index (χ3v) is 3.52. The second kappa shape index (κ2) is 6.35. The van der Waals surface area contributed by atoms with Crippen molar-refractivity contribution in [2.75, 3.05) is 25.0 Å². The molecule has 1 aromatic rings. The first-order valence-corrected chi connectivity index (χ1v) is 6.82. The van der Waals surface area contributed by atoms with Gasteiger partial charge in [0.25, 0.3) is 0 Å². The zero-order valence-corrected chi connectivity index (χ0v) is 11.5. The first kappa shape index (κ1) is 14.3. The van der Waals surface area contributed by atoms with Crippen molar-refractivity contribution in [1.82, 2.24) is 4.90 Å². The number of likely N-dealkylation sites (N-methyl/N-ethyl adjacent to an activating group) is 1. The second-order valence-electron chi connectivity index (χ2n) is 4.86. The molecule has 0 aromatic heterocycles. The van der Waals surface area contributed by atoms with Crippen LogP contribution < -0.4 is 5.32 Å². The van der Waals surface area contributed by atoms with Crippen LogP contribution in [0.1, 0.15) is 25.3 Å². The van der Waals surface area contributed by atoms with E-state index in [1.54, 1.807) is 12.1 Å². The predicted molar refractivity (Wildman–Crippen MR) is 76.6 cm³/mol. The summed E-state index contributed by atoms with van der Waals surface area (Å²) >= 11 is 0. The fourth-order valence-corrected chi connectivity index (χ4v) is 2.35. The van der Waals surface area contributed by atoms with Crippen molar-refractivity contribution in [3.63, 3.8) is 0 Å². The second-order valence-corrected chi connectivity index (χ2v) is 4.86. The lowest BCUT2D eigenvalue weighted by atomic mass is 10.1. The lowest BCUT2D eigenvalue weighted by Crippen LogP contribution is -2.31. The van der Waals surface area contributed by atoms with E-state index in [4.69, 9.17) is 5.26 Å². The van der Waals surface area contributed by atoms with Crippen LogP contribution in [-0.4, -0.2) is 35.5 Å². The highest BCUT2D eigenvalue weighted by Gasteiger charge is 2.27. The Hall–Kier alpha value is -2.13. The van der Waals surface area contributed by atoms with Gasteiger partial charge in [-0.1, -0.05) is 13.0 Å². The molecule has 1 aromatic carbocycles. The SMILES string of the molecule is CCN(CCNc1cccc(C#N)c1[N+](=O)[O-])C1CC1. The highest BCUT2D eigenvalue weighted by molar-refractivity contribution is 5.68. The van der Waals surface area contributed by atoms with Gasteiger partial charge in [-0.05, 0) is 31.5 Å². The minimum absolute atomic E-state index is 0.0922. The van der Waals surface area contributed by atoms with Gasteiger partial charge in [0, 0.05) is 19.1 Å². The molecule has 0 radical (unpaired) electrons. The third-order valence-electron chi connectivity index (χ3n) is 3.52. The fraction of sp³-hybridized carbons (Fsp3) is 0.500. The van der Waals surface area contributed by atoms with E-state index in [0.29, 0.717) is 18.3 Å². The van der Waals surface area contributed by atoms with Crippen LogP contribution in [0.3, 0.4) is 0 Å². The summed E-state index contributed by atoms with van der Waals surface area (Å²) in [5.41, 5.74) is 0.375. The standard InChI is InChI=1S/C14H18N4O2/c1-2-17(12-6-7-12)9-8-16-13-5-3-4-11(10-15)14(13)18(19)20/h3-5,12,16H,2,6-9H2,1H3. The number of anilines is 1. The number of rotatable bonds is 7. The molecule has 1 aliphatic rings. The van der Waals surface area contributed by atoms with Gasteiger partial charge in [-0.3, -0.25) is 15.0 Å². The van der Waals surface area contributed by atoms with Crippen molar-refractivity contribution in [1.29, 1.82) is 5.26 Å². The fourth-order valence-electron chi connectivity index (χ4n) is 2.35. The van der Waals surface area contributed by atoms with Crippen LogP contribution in [0.25, 0.3) is 0 Å². The summed E-state index contributed by atoms with van der Waals surface area (Å²) in [7, 11) is 0. The van der Waals surface area contributed by atoms with E-state index in [-0.39, 0.29) is 11.3 Å². The number of nitriles is 1. The molecule has 2 rings (SSSR count). The van der Waals surface area contributed by atoms with E-state index in [2.05, 4.69) is 17.1 Å². The summed E-state index contributed by atoms with van der Waals surface area (Å²) < 4.78 is 0. The first-order valence-electron chi connectivity index (χ1n) is 6.82. The Balaban J connectivity index is 2.02. The van der Waals surface area contributed by atoms with Crippen molar-refractivity contribution in [3.05, 3.63) is 33.9 Å². The maximum absolute atomic E-state index is 11.1. The molecule has 1 fully saturated rings. The summed E-state index contributed by atoms with van der Waals surface area (Å²) in [5, 5.41) is 23.1. The van der Waals surface area contributed by atoms with E-state index >= 15 is 0 Å². The van der Waals surface area contributed by atoms with Gasteiger partial charge in [0.1, 0.15) is 17.3 Å². The average Bonchev–Trinajstić information content (AvgIpc) is 3.27. The Morgan fingerprint density at radius 2 is 2.30 bits per heavy atom. The maximum Gasteiger partial charge on any atom is 0.309 e. The molecule has 1 aliphatic carbocycles. The van der Waals surface area contributed by atoms with E-state index < -0.39 is 4.92 Å². The molecule has 1 saturated carbocycles. The third kappa shape index (κ3) is 3.25. The molecule has 0 saturated heterocycles. The Labute approximate surface area is 118 Å². The molecule has 0 heterocycles. The summed E-state index contributed by atoms with van der Waals surface area (Å²) in [6, 6.07) is 7.31. The van der Waals surface area contributed by atoms with Crippen molar-refractivity contribution < 1.29 is 4.92 Å². The van der Waals surface area contributed by atoms with Crippen molar-refractivity contribution in [2.45, 2.75) is 25.8 Å². The summed E-state index contributed by atoms with van der Waals surface area (Å²) in [6.45, 7) is 4.61. The van der Waals surface area contributed by atoms with Crippen LogP contribution in [0.2, 0.25) is 0 Å². The summed E-state index contributed by atoms with van der Waals surface area (Å²) in [5.74, 6) is 0. The predicted octanol–water partition coefficient (Wildman–Crippen LogP) is 2.36. The highest BCUT2D eigenvalue weighted by Crippen LogP contribution is 2.28. The van der Waals surface area contributed by atoms with Gasteiger partial charge in [0.05, 0.1) is 4.92 Å². The molecule has 0 atom stereocenters. The molecule has 0 unspecified atom stereocenters. The number of hydrogen-bond donors (Lipinski definition) is 1. The molecule has 6 nitrogen and oxygen atoms in total. The van der Waals surface area contributed by atoms with E-state index in [1.807, 2.05) is 6.07 Å². The average molecular weight is 274 g/mol. The topological polar surface area (TPSA) is 82.2 Å². The normalized spacial score (nSPS) is 14.1. The number of benzene rings is 1. The monoisotopic (exact) mass is 274 g/mol. The Morgan fingerprint density at radius 3 is 2.85 bits per heavy atom. The molecule has 0 bridgehead atoms. The van der Waals surface area contributed by atoms with Crippen LogP contribution in [0.5, 0.6) is 0 Å². The summed E-state index contributed by atoms with van der Waals surface area (Å²) in [6.07, 6.45) is 2.50. The van der Waals surface area contributed by atoms with Crippen LogP contribution in [0.4, 0.5) is 11.4 Å². The zero-order chi connectivity index (χ0) is 14.5. The zero-order valence-electron chi connectivity index (χ0n) is 11.5. The van der Waals surface area contributed by atoms with E-state index in [9.17, 15) is 10.1 Å². The highest BCUT2D eigenvalue weighted by atomic mass is 16.6. The molecular weight excluding hydrogens is 256 g/mol. The van der Waals surface area contributed by atoms with Crippen LogP contribution in [0, 0.1) is 21.4 Å². The maximum atomic E-state index is 11.1. The molecule has 0 aliphatic heterocycles. The largest absolute Gasteiger partial charge is 0.378 e. The first-order chi connectivity index (χ1) is 9.67. The minimum atomic E-state index is -0.501. The van der Waals surface area contributed by atoms with Crippen LogP contribution >= 0.6 is 0 Å². The molecule has 20 heavy (non-hydrogen) atoms. The minimum Gasteiger partial charge on any atom is -0.378 e. The van der Waals surface area contributed by atoms with Gasteiger partial charge in [-0.2, -0.15) is 5.26 Å². The van der Waals surface area contributed by atoms with Gasteiger partial charge < -0.3 is 5.32 Å². The summed E-state index contributed by atoms with van der Waals surface area (Å²) in [4.78, 5) is 12.9. The number of nitro groups is 1. The van der Waals surface area contributed by atoms with Gasteiger partial charge in [0.2, 0.25) is 0 Å². The molecule has 0 spiro atoms. The van der Waals surface area contributed by atoms with Gasteiger partial charge in [-0.25, -0.2) is 0 Å². The molecular formula is C14H18N4O2. The lowest BCUT2D eigenvalue weighted by Gasteiger charge is -2.20. The number of nitrogens with one attached hydrogen (secondary N) is 1. The quantitative estimate of drug-likeness (QED) is 0.609. The molecule has 0 amide bonds. The Bertz CT molecular complexity index is 534. The Kier molecular flexibility index (Phi) is 4.53. The van der Waals surface area contributed by atoms with Gasteiger partial charge in [0.15, 0.2) is 0 Å².